The number of rotatable bonds is 4. The average molecular weight is 420 g/mol. The van der Waals surface area contributed by atoms with Crippen LogP contribution in [-0.2, 0) is 7.05 Å². The summed E-state index contributed by atoms with van der Waals surface area (Å²) in [6.07, 6.45) is 8.33. The second-order valence-electron chi connectivity index (χ2n) is 9.14. The number of fused-ring (bicyclic) bond motifs is 1. The summed E-state index contributed by atoms with van der Waals surface area (Å²) in [5.74, 6) is 1.64. The summed E-state index contributed by atoms with van der Waals surface area (Å²) in [4.78, 5) is 14.9. The zero-order valence-corrected chi connectivity index (χ0v) is 18.9. The number of benzene rings is 1. The van der Waals surface area contributed by atoms with Crippen LogP contribution in [0.5, 0.6) is 0 Å². The lowest BCUT2D eigenvalue weighted by atomic mass is 10.0. The first-order valence-electron chi connectivity index (χ1n) is 11.6. The Bertz CT molecular complexity index is 1060. The number of nitrogens with zero attached hydrogens (tertiary/aromatic N) is 6. The topological polar surface area (TPSA) is 62.1 Å². The van der Waals surface area contributed by atoms with Gasteiger partial charge in [-0.3, -0.25) is 4.68 Å². The van der Waals surface area contributed by atoms with Gasteiger partial charge in [-0.05, 0) is 64.3 Å². The van der Waals surface area contributed by atoms with Gasteiger partial charge in [-0.1, -0.05) is 24.1 Å². The van der Waals surface area contributed by atoms with Crippen LogP contribution in [0.3, 0.4) is 0 Å². The Morgan fingerprint density at radius 2 is 1.74 bits per heavy atom. The van der Waals surface area contributed by atoms with Gasteiger partial charge >= 0.3 is 0 Å². The average Bonchev–Trinajstić information content (AvgIpc) is 3.17. The summed E-state index contributed by atoms with van der Waals surface area (Å²) in [5.41, 5.74) is 4.41. The van der Waals surface area contributed by atoms with E-state index >= 15 is 0 Å². The van der Waals surface area contributed by atoms with E-state index in [2.05, 4.69) is 52.3 Å². The first kappa shape index (κ1) is 20.2. The van der Waals surface area contributed by atoms with Crippen LogP contribution in [0, 0.1) is 13.8 Å². The Kier molecular flexibility index (Phi) is 5.52. The lowest BCUT2D eigenvalue weighted by Gasteiger charge is -2.40. The minimum Gasteiger partial charge on any atom is -0.341 e. The van der Waals surface area contributed by atoms with Crippen molar-refractivity contribution in [2.75, 3.05) is 36.4 Å². The third kappa shape index (κ3) is 4.11. The Morgan fingerprint density at radius 1 is 0.968 bits per heavy atom. The van der Waals surface area contributed by atoms with Crippen molar-refractivity contribution in [2.24, 2.45) is 7.05 Å². The normalized spacial score (nSPS) is 18.6. The van der Waals surface area contributed by atoms with Crippen LogP contribution >= 0.6 is 0 Å². The van der Waals surface area contributed by atoms with Gasteiger partial charge in [-0.15, -0.1) is 0 Å². The Balaban J connectivity index is 1.40. The summed E-state index contributed by atoms with van der Waals surface area (Å²) in [5, 5.41) is 8.95. The van der Waals surface area contributed by atoms with Gasteiger partial charge in [0.2, 0.25) is 5.95 Å². The predicted molar refractivity (Wildman–Crippen MR) is 126 cm³/mol. The van der Waals surface area contributed by atoms with Gasteiger partial charge in [-0.2, -0.15) is 15.1 Å². The van der Waals surface area contributed by atoms with Crippen LogP contribution in [0.1, 0.15) is 43.2 Å². The van der Waals surface area contributed by atoms with Crippen molar-refractivity contribution in [1.29, 1.82) is 0 Å². The second kappa shape index (κ2) is 8.46. The molecule has 2 aliphatic rings. The maximum absolute atomic E-state index is 4.97. The number of piperidine rings is 2. The minimum atomic E-state index is 0.713. The molecular weight excluding hydrogens is 386 g/mol. The summed E-state index contributed by atoms with van der Waals surface area (Å²) in [6, 6.07) is 7.16. The molecule has 1 N–H and O–H groups in total. The molecule has 0 atom stereocenters. The van der Waals surface area contributed by atoms with Crippen molar-refractivity contribution in [1.82, 2.24) is 24.6 Å². The number of nitrogens with one attached hydrogen (secondary N) is 1. The molecule has 2 aromatic heterocycles. The molecular formula is C24H33N7. The van der Waals surface area contributed by atoms with Crippen molar-refractivity contribution < 1.29 is 0 Å². The first-order valence-corrected chi connectivity index (χ1v) is 11.6. The Morgan fingerprint density at radius 3 is 2.48 bits per heavy atom. The number of anilines is 3. The SMILES string of the molecule is Cc1ccc(Nc2nc(N3CCC(N4CCCCC4)CC3)nc3c2cnn3C)c(C)c1. The molecule has 0 aliphatic carbocycles. The minimum absolute atomic E-state index is 0.713. The maximum atomic E-state index is 4.97. The first-order chi connectivity index (χ1) is 15.1. The molecule has 0 saturated carbocycles. The molecule has 164 valence electrons. The van der Waals surface area contributed by atoms with Crippen LogP contribution in [0.25, 0.3) is 11.0 Å². The molecule has 3 aromatic rings. The zero-order chi connectivity index (χ0) is 21.4. The van der Waals surface area contributed by atoms with E-state index in [0.717, 1.165) is 41.6 Å². The number of hydrogen-bond acceptors (Lipinski definition) is 6. The molecule has 1 aromatic carbocycles. The molecule has 5 rings (SSSR count). The Labute approximate surface area is 184 Å². The molecule has 0 spiro atoms. The fourth-order valence-corrected chi connectivity index (χ4v) is 5.04. The van der Waals surface area contributed by atoms with Gasteiger partial charge in [0.1, 0.15) is 5.82 Å². The highest BCUT2D eigenvalue weighted by atomic mass is 15.3. The molecule has 31 heavy (non-hydrogen) atoms. The fraction of sp³-hybridized carbons (Fsp3) is 0.542. The van der Waals surface area contributed by atoms with Gasteiger partial charge in [0.05, 0.1) is 11.6 Å². The smallest absolute Gasteiger partial charge is 0.229 e. The van der Waals surface area contributed by atoms with Crippen LogP contribution in [0.2, 0.25) is 0 Å². The van der Waals surface area contributed by atoms with E-state index in [1.807, 2.05) is 17.9 Å². The largest absolute Gasteiger partial charge is 0.341 e. The highest BCUT2D eigenvalue weighted by Gasteiger charge is 2.27. The zero-order valence-electron chi connectivity index (χ0n) is 18.9. The van der Waals surface area contributed by atoms with E-state index in [1.54, 1.807) is 0 Å². The Hall–Kier alpha value is -2.67. The predicted octanol–water partition coefficient (Wildman–Crippen LogP) is 4.18. The number of hydrogen-bond donors (Lipinski definition) is 1. The van der Waals surface area contributed by atoms with Crippen molar-refractivity contribution in [3.8, 4) is 0 Å². The van der Waals surface area contributed by atoms with Gasteiger partial charge in [0.25, 0.3) is 0 Å². The van der Waals surface area contributed by atoms with E-state index in [-0.39, 0.29) is 0 Å². The number of aromatic nitrogens is 4. The van der Waals surface area contributed by atoms with Gasteiger partial charge in [-0.25, -0.2) is 0 Å². The highest BCUT2D eigenvalue weighted by Crippen LogP contribution is 2.29. The van der Waals surface area contributed by atoms with Gasteiger partial charge in [0, 0.05) is 31.9 Å². The molecule has 4 heterocycles. The molecule has 0 unspecified atom stereocenters. The third-order valence-electron chi connectivity index (χ3n) is 6.87. The quantitative estimate of drug-likeness (QED) is 0.685. The molecule has 0 amide bonds. The van der Waals surface area contributed by atoms with Gasteiger partial charge < -0.3 is 15.1 Å². The van der Waals surface area contributed by atoms with Crippen molar-refractivity contribution in [3.05, 3.63) is 35.5 Å². The van der Waals surface area contributed by atoms with E-state index in [0.29, 0.717) is 6.04 Å². The van der Waals surface area contributed by atoms with Crippen LogP contribution in [-0.4, -0.2) is 56.9 Å². The number of aryl methyl sites for hydroxylation is 3. The summed E-state index contributed by atoms with van der Waals surface area (Å²) in [6.45, 7) is 8.80. The maximum Gasteiger partial charge on any atom is 0.229 e. The lowest BCUT2D eigenvalue weighted by molar-refractivity contribution is 0.141. The second-order valence-corrected chi connectivity index (χ2v) is 9.14. The fourth-order valence-electron chi connectivity index (χ4n) is 5.04. The molecule has 0 radical (unpaired) electrons. The van der Waals surface area contributed by atoms with Crippen molar-refractivity contribution in [2.45, 2.75) is 52.0 Å². The lowest BCUT2D eigenvalue weighted by Crippen LogP contribution is -2.47. The summed E-state index contributed by atoms with van der Waals surface area (Å²) >= 11 is 0. The third-order valence-corrected chi connectivity index (χ3v) is 6.87. The standard InChI is InChI=1S/C24H33N7/c1-17-7-8-21(18(2)15-17)26-22-20-16-25-29(3)23(20)28-24(27-22)31-13-9-19(10-14-31)30-11-5-4-6-12-30/h7-8,15-16,19H,4-6,9-14H2,1-3H3,(H,26,27,28). The van der Waals surface area contributed by atoms with Crippen molar-refractivity contribution in [3.63, 3.8) is 0 Å². The molecule has 7 heteroatoms. The van der Waals surface area contributed by atoms with Gasteiger partial charge in [0.15, 0.2) is 5.65 Å². The molecule has 2 aliphatic heterocycles. The summed E-state index contributed by atoms with van der Waals surface area (Å²) in [7, 11) is 1.95. The van der Waals surface area contributed by atoms with Crippen LogP contribution < -0.4 is 10.2 Å². The van der Waals surface area contributed by atoms with E-state index < -0.39 is 0 Å². The monoisotopic (exact) mass is 419 g/mol. The van der Waals surface area contributed by atoms with Crippen LogP contribution in [0.4, 0.5) is 17.5 Å². The highest BCUT2D eigenvalue weighted by molar-refractivity contribution is 5.89. The molecule has 2 fully saturated rings. The molecule has 2 saturated heterocycles. The summed E-state index contributed by atoms with van der Waals surface area (Å²) < 4.78 is 1.84. The molecule has 0 bridgehead atoms. The van der Waals surface area contributed by atoms with E-state index in [4.69, 9.17) is 9.97 Å². The van der Waals surface area contributed by atoms with Crippen LogP contribution in [0.15, 0.2) is 24.4 Å². The number of likely N-dealkylation sites (tertiary alicyclic amines) is 1. The van der Waals surface area contributed by atoms with E-state index in [1.165, 1.54) is 56.3 Å². The van der Waals surface area contributed by atoms with Crippen molar-refractivity contribution >= 4 is 28.5 Å². The molecule has 7 nitrogen and oxygen atoms in total. The van der Waals surface area contributed by atoms with E-state index in [9.17, 15) is 0 Å².